The Labute approximate surface area is 144 Å². The van der Waals surface area contributed by atoms with E-state index in [1.807, 2.05) is 48.5 Å². The van der Waals surface area contributed by atoms with E-state index in [0.29, 0.717) is 23.3 Å². The molecule has 25 heavy (non-hydrogen) atoms. The minimum Gasteiger partial charge on any atom is -0.463 e. The highest BCUT2D eigenvalue weighted by molar-refractivity contribution is 5.77. The van der Waals surface area contributed by atoms with E-state index in [9.17, 15) is 4.79 Å². The van der Waals surface area contributed by atoms with Gasteiger partial charge in [0.15, 0.2) is 17.6 Å². The molecule has 124 valence electrons. The summed E-state index contributed by atoms with van der Waals surface area (Å²) in [5.41, 5.74) is 1.74. The molecule has 0 amide bonds. The smallest absolute Gasteiger partial charge is 0.258 e. The average Bonchev–Trinajstić information content (AvgIpc) is 3.17. The quantitative estimate of drug-likeness (QED) is 0.589. The number of para-hydroxylation sites is 1. The molecule has 2 aromatic carbocycles. The summed E-state index contributed by atoms with van der Waals surface area (Å²) in [7, 11) is 0. The van der Waals surface area contributed by atoms with E-state index in [1.165, 1.54) is 0 Å². The molecule has 0 fully saturated rings. The summed E-state index contributed by atoms with van der Waals surface area (Å²) >= 11 is 0. The molecular weight excluding hydrogens is 314 g/mol. The Hall–Kier alpha value is -3.18. The number of hydrogen-bond donors (Lipinski definition) is 2. The fourth-order valence-electron chi connectivity index (χ4n) is 3.01. The highest BCUT2D eigenvalue weighted by Crippen LogP contribution is 2.18. The van der Waals surface area contributed by atoms with E-state index in [4.69, 9.17) is 4.42 Å². The molecule has 2 heterocycles. The first-order chi connectivity index (χ1) is 12.3. The maximum absolute atomic E-state index is 12.2. The first-order valence-electron chi connectivity index (χ1n) is 8.21. The highest BCUT2D eigenvalue weighted by Gasteiger charge is 2.20. The van der Waals surface area contributed by atoms with Crippen molar-refractivity contribution >= 4 is 10.9 Å². The number of benzene rings is 2. The summed E-state index contributed by atoms with van der Waals surface area (Å²) < 4.78 is 5.61. The van der Waals surface area contributed by atoms with Crippen LogP contribution >= 0.6 is 0 Å². The van der Waals surface area contributed by atoms with Crippen LogP contribution in [0.1, 0.15) is 23.2 Å². The van der Waals surface area contributed by atoms with Crippen LogP contribution in [-0.2, 0) is 6.54 Å². The second-order valence-corrected chi connectivity index (χ2v) is 5.87. The SMILES string of the molecule is O=c1[nH]c(C[NH2+][C@@H](c2ccccc2)c2ccco2)nc2ccccc12. The van der Waals surface area contributed by atoms with Gasteiger partial charge in [-0.3, -0.25) is 4.79 Å². The van der Waals surface area contributed by atoms with Gasteiger partial charge in [0.1, 0.15) is 6.54 Å². The Balaban J connectivity index is 1.63. The lowest BCUT2D eigenvalue weighted by Gasteiger charge is -2.13. The van der Waals surface area contributed by atoms with Crippen molar-refractivity contribution in [3.63, 3.8) is 0 Å². The molecule has 0 aliphatic carbocycles. The monoisotopic (exact) mass is 332 g/mol. The van der Waals surface area contributed by atoms with Gasteiger partial charge in [-0.25, -0.2) is 4.98 Å². The van der Waals surface area contributed by atoms with Gasteiger partial charge in [0.05, 0.1) is 17.2 Å². The second-order valence-electron chi connectivity index (χ2n) is 5.87. The van der Waals surface area contributed by atoms with Gasteiger partial charge in [-0.1, -0.05) is 42.5 Å². The first-order valence-corrected chi connectivity index (χ1v) is 8.21. The molecule has 0 radical (unpaired) electrons. The van der Waals surface area contributed by atoms with Crippen molar-refractivity contribution < 1.29 is 9.73 Å². The predicted octanol–water partition coefficient (Wildman–Crippen LogP) is 2.37. The number of rotatable bonds is 5. The fourth-order valence-corrected chi connectivity index (χ4v) is 3.01. The maximum atomic E-state index is 12.2. The Morgan fingerprint density at radius 1 is 1.00 bits per heavy atom. The largest absolute Gasteiger partial charge is 0.463 e. The van der Waals surface area contributed by atoms with E-state index in [2.05, 4.69) is 27.4 Å². The molecule has 4 aromatic rings. The van der Waals surface area contributed by atoms with Crippen molar-refractivity contribution in [2.24, 2.45) is 0 Å². The van der Waals surface area contributed by atoms with Crippen LogP contribution < -0.4 is 10.9 Å². The van der Waals surface area contributed by atoms with Crippen molar-refractivity contribution in [3.05, 3.63) is 100 Å². The minimum absolute atomic E-state index is 0.00738. The van der Waals surface area contributed by atoms with Crippen molar-refractivity contribution in [2.75, 3.05) is 0 Å². The zero-order valence-corrected chi connectivity index (χ0v) is 13.6. The van der Waals surface area contributed by atoms with Gasteiger partial charge in [0.25, 0.3) is 5.56 Å². The zero-order valence-electron chi connectivity index (χ0n) is 13.6. The predicted molar refractivity (Wildman–Crippen MR) is 95.0 cm³/mol. The van der Waals surface area contributed by atoms with Gasteiger partial charge in [0, 0.05) is 5.56 Å². The standard InChI is InChI=1S/C20H17N3O2/c24-20-15-9-4-5-10-16(15)22-18(23-20)13-21-19(17-11-6-12-25-17)14-7-2-1-3-8-14/h1-12,19,21H,13H2,(H,22,23,24)/p+1/t19-/m0/s1. The second kappa shape index (κ2) is 6.75. The van der Waals surface area contributed by atoms with E-state index in [1.54, 1.807) is 12.3 Å². The normalized spacial score (nSPS) is 12.3. The van der Waals surface area contributed by atoms with Crippen LogP contribution in [0.4, 0.5) is 0 Å². The molecule has 0 saturated heterocycles. The number of aromatic nitrogens is 2. The van der Waals surface area contributed by atoms with Crippen LogP contribution in [0.25, 0.3) is 10.9 Å². The van der Waals surface area contributed by atoms with Crippen molar-refractivity contribution in [2.45, 2.75) is 12.6 Å². The van der Waals surface area contributed by atoms with Crippen LogP contribution in [0, 0.1) is 0 Å². The first kappa shape index (κ1) is 15.4. The van der Waals surface area contributed by atoms with Gasteiger partial charge in [-0.2, -0.15) is 0 Å². The number of nitrogens with zero attached hydrogens (tertiary/aromatic N) is 1. The van der Waals surface area contributed by atoms with E-state index < -0.39 is 0 Å². The fraction of sp³-hybridized carbons (Fsp3) is 0.100. The number of quaternary nitrogens is 1. The van der Waals surface area contributed by atoms with Crippen molar-refractivity contribution in [1.82, 2.24) is 9.97 Å². The van der Waals surface area contributed by atoms with Crippen molar-refractivity contribution in [1.29, 1.82) is 0 Å². The number of H-pyrrole nitrogens is 1. The number of aromatic amines is 1. The lowest BCUT2D eigenvalue weighted by molar-refractivity contribution is -0.705. The topological polar surface area (TPSA) is 75.5 Å². The molecule has 0 saturated carbocycles. The van der Waals surface area contributed by atoms with Gasteiger partial charge < -0.3 is 14.7 Å². The number of hydrogen-bond acceptors (Lipinski definition) is 3. The molecule has 2 aromatic heterocycles. The van der Waals surface area contributed by atoms with Crippen LogP contribution in [0.5, 0.6) is 0 Å². The van der Waals surface area contributed by atoms with Crippen LogP contribution in [-0.4, -0.2) is 9.97 Å². The Morgan fingerprint density at radius 2 is 1.80 bits per heavy atom. The molecule has 0 bridgehead atoms. The Morgan fingerprint density at radius 3 is 2.60 bits per heavy atom. The van der Waals surface area contributed by atoms with Gasteiger partial charge in [-0.05, 0) is 24.3 Å². The molecule has 4 rings (SSSR count). The zero-order chi connectivity index (χ0) is 17.1. The Bertz CT molecular complexity index is 1020. The van der Waals surface area contributed by atoms with Gasteiger partial charge in [0.2, 0.25) is 0 Å². The third-order valence-electron chi connectivity index (χ3n) is 4.22. The molecule has 0 aliphatic rings. The van der Waals surface area contributed by atoms with E-state index in [-0.39, 0.29) is 11.6 Å². The third-order valence-corrected chi connectivity index (χ3v) is 4.22. The van der Waals surface area contributed by atoms with Crippen LogP contribution in [0.2, 0.25) is 0 Å². The summed E-state index contributed by atoms with van der Waals surface area (Å²) in [4.78, 5) is 19.7. The van der Waals surface area contributed by atoms with Crippen LogP contribution in [0.15, 0.2) is 82.2 Å². The summed E-state index contributed by atoms with van der Waals surface area (Å²) in [6, 6.07) is 21.4. The summed E-state index contributed by atoms with van der Waals surface area (Å²) in [5, 5.41) is 2.72. The van der Waals surface area contributed by atoms with Crippen molar-refractivity contribution in [3.8, 4) is 0 Å². The highest BCUT2D eigenvalue weighted by atomic mass is 16.3. The van der Waals surface area contributed by atoms with Gasteiger partial charge in [-0.15, -0.1) is 0 Å². The number of fused-ring (bicyclic) bond motifs is 1. The number of nitrogens with one attached hydrogen (secondary N) is 1. The summed E-state index contributed by atoms with van der Waals surface area (Å²) in [6.07, 6.45) is 1.68. The molecule has 0 aliphatic heterocycles. The lowest BCUT2D eigenvalue weighted by atomic mass is 10.0. The number of nitrogens with two attached hydrogens (primary N) is 1. The Kier molecular flexibility index (Phi) is 4.14. The maximum Gasteiger partial charge on any atom is 0.258 e. The third kappa shape index (κ3) is 3.22. The molecule has 0 spiro atoms. The molecule has 1 atom stereocenters. The lowest BCUT2D eigenvalue weighted by Crippen LogP contribution is -2.84. The summed E-state index contributed by atoms with van der Waals surface area (Å²) in [5.74, 6) is 1.52. The molecule has 5 heteroatoms. The average molecular weight is 332 g/mol. The summed E-state index contributed by atoms with van der Waals surface area (Å²) in [6.45, 7) is 0.542. The number of furan rings is 1. The molecule has 3 N–H and O–H groups in total. The molecule has 0 unspecified atom stereocenters. The molecule has 5 nitrogen and oxygen atoms in total. The molecular formula is C20H18N3O2+. The van der Waals surface area contributed by atoms with E-state index >= 15 is 0 Å². The van der Waals surface area contributed by atoms with Gasteiger partial charge >= 0.3 is 0 Å². The van der Waals surface area contributed by atoms with Crippen LogP contribution in [0.3, 0.4) is 0 Å². The minimum atomic E-state index is -0.108. The van der Waals surface area contributed by atoms with E-state index in [0.717, 1.165) is 11.3 Å².